The standard InChI is InChI=1S/C8H13N.C6H9N/c1-7(2)8(3-4-8)5-6-9;1-2-6(5-7)3-4-6/h7H,3-5H2,1-2H3;2-4H2,1H3. The van der Waals surface area contributed by atoms with E-state index >= 15 is 0 Å². The molecule has 0 heterocycles. The van der Waals surface area contributed by atoms with Crippen LogP contribution in [0.1, 0.15) is 59.3 Å². The van der Waals surface area contributed by atoms with Crippen LogP contribution in [0.3, 0.4) is 0 Å². The Balaban J connectivity index is 0.000000165. The smallest absolute Gasteiger partial charge is 0.0689 e. The molecule has 88 valence electrons. The fourth-order valence-electron chi connectivity index (χ4n) is 1.97. The third-order valence-electron chi connectivity index (χ3n) is 4.32. The van der Waals surface area contributed by atoms with Crippen molar-refractivity contribution in [1.29, 1.82) is 10.5 Å². The van der Waals surface area contributed by atoms with Gasteiger partial charge in [-0.15, -0.1) is 0 Å². The molecule has 0 aliphatic heterocycles. The lowest BCUT2D eigenvalue weighted by molar-refractivity contribution is 0.367. The lowest BCUT2D eigenvalue weighted by atomic mass is 9.90. The number of nitriles is 2. The van der Waals surface area contributed by atoms with Gasteiger partial charge in [0, 0.05) is 6.42 Å². The highest BCUT2D eigenvalue weighted by molar-refractivity contribution is 5.08. The maximum absolute atomic E-state index is 8.44. The van der Waals surface area contributed by atoms with Crippen molar-refractivity contribution >= 4 is 0 Å². The summed E-state index contributed by atoms with van der Waals surface area (Å²) in [6.07, 6.45) is 6.64. The van der Waals surface area contributed by atoms with Crippen LogP contribution >= 0.6 is 0 Å². The van der Waals surface area contributed by atoms with Crippen LogP contribution in [0.25, 0.3) is 0 Å². The average Bonchev–Trinajstić information content (AvgIpc) is 3.15. The molecule has 0 N–H and O–H groups in total. The maximum atomic E-state index is 8.44. The molecule has 0 atom stereocenters. The van der Waals surface area contributed by atoms with Crippen LogP contribution in [-0.2, 0) is 0 Å². The minimum absolute atomic E-state index is 0.139. The van der Waals surface area contributed by atoms with E-state index in [0.717, 1.165) is 25.7 Å². The fourth-order valence-corrected chi connectivity index (χ4v) is 1.97. The first-order valence-corrected chi connectivity index (χ1v) is 6.32. The van der Waals surface area contributed by atoms with Gasteiger partial charge in [-0.2, -0.15) is 10.5 Å². The van der Waals surface area contributed by atoms with E-state index < -0.39 is 0 Å². The summed E-state index contributed by atoms with van der Waals surface area (Å²) in [5, 5.41) is 16.8. The van der Waals surface area contributed by atoms with Gasteiger partial charge in [0.2, 0.25) is 0 Å². The second-order valence-corrected chi connectivity index (χ2v) is 5.60. The topological polar surface area (TPSA) is 47.6 Å². The highest BCUT2D eigenvalue weighted by atomic mass is 14.5. The predicted molar refractivity (Wildman–Crippen MR) is 64.3 cm³/mol. The van der Waals surface area contributed by atoms with Gasteiger partial charge in [0.25, 0.3) is 0 Å². The van der Waals surface area contributed by atoms with Crippen molar-refractivity contribution in [2.45, 2.75) is 59.3 Å². The Morgan fingerprint density at radius 2 is 1.69 bits per heavy atom. The number of nitrogens with zero attached hydrogens (tertiary/aromatic N) is 2. The van der Waals surface area contributed by atoms with Crippen LogP contribution in [0.4, 0.5) is 0 Å². The van der Waals surface area contributed by atoms with Crippen molar-refractivity contribution in [3.8, 4) is 12.1 Å². The van der Waals surface area contributed by atoms with Crippen molar-refractivity contribution in [3.05, 3.63) is 0 Å². The molecule has 2 fully saturated rings. The predicted octanol–water partition coefficient (Wildman–Crippen LogP) is 4.04. The second kappa shape index (κ2) is 4.88. The lowest BCUT2D eigenvalue weighted by Crippen LogP contribution is -2.07. The molecule has 0 unspecified atom stereocenters. The van der Waals surface area contributed by atoms with Crippen molar-refractivity contribution in [3.63, 3.8) is 0 Å². The van der Waals surface area contributed by atoms with Gasteiger partial charge in [-0.25, -0.2) is 0 Å². The Bertz CT molecular complexity index is 309. The monoisotopic (exact) mass is 218 g/mol. The first-order chi connectivity index (χ1) is 7.54. The zero-order valence-corrected chi connectivity index (χ0v) is 10.7. The van der Waals surface area contributed by atoms with E-state index in [1.165, 1.54) is 12.8 Å². The SMILES string of the molecule is CC(C)C1(CC#N)CC1.CCC1(C#N)CC1. The van der Waals surface area contributed by atoms with E-state index in [9.17, 15) is 0 Å². The third kappa shape index (κ3) is 2.99. The minimum Gasteiger partial charge on any atom is -0.198 e. The molecule has 16 heavy (non-hydrogen) atoms. The largest absolute Gasteiger partial charge is 0.198 e. The van der Waals surface area contributed by atoms with E-state index in [0.29, 0.717) is 11.3 Å². The summed E-state index contributed by atoms with van der Waals surface area (Å²) >= 11 is 0. The minimum atomic E-state index is 0.139. The molecule has 2 rings (SSSR count). The average molecular weight is 218 g/mol. The highest BCUT2D eigenvalue weighted by Gasteiger charge is 2.44. The van der Waals surface area contributed by atoms with Crippen molar-refractivity contribution in [2.75, 3.05) is 0 Å². The summed E-state index contributed by atoms with van der Waals surface area (Å²) < 4.78 is 0. The Morgan fingerprint density at radius 1 is 1.12 bits per heavy atom. The van der Waals surface area contributed by atoms with Crippen LogP contribution in [0.5, 0.6) is 0 Å². The quantitative estimate of drug-likeness (QED) is 0.717. The molecule has 0 aromatic carbocycles. The highest BCUT2D eigenvalue weighted by Crippen LogP contribution is 2.54. The first kappa shape index (κ1) is 13.0. The van der Waals surface area contributed by atoms with Gasteiger partial charge in [-0.3, -0.25) is 0 Å². The van der Waals surface area contributed by atoms with Crippen molar-refractivity contribution in [1.82, 2.24) is 0 Å². The summed E-state index contributed by atoms with van der Waals surface area (Å²) in [7, 11) is 0. The van der Waals surface area contributed by atoms with Crippen molar-refractivity contribution < 1.29 is 0 Å². The van der Waals surface area contributed by atoms with Crippen LogP contribution in [-0.4, -0.2) is 0 Å². The molecule has 0 spiro atoms. The Labute approximate surface area is 99.3 Å². The molecular formula is C14H22N2. The molecule has 0 radical (unpaired) electrons. The third-order valence-corrected chi connectivity index (χ3v) is 4.32. The molecule has 2 aliphatic carbocycles. The summed E-state index contributed by atoms with van der Waals surface area (Å²) in [4.78, 5) is 0. The molecule has 0 aromatic rings. The van der Waals surface area contributed by atoms with Crippen LogP contribution in [0, 0.1) is 39.4 Å². The zero-order chi connectivity index (χ0) is 12.2. The summed E-state index contributed by atoms with van der Waals surface area (Å²) in [6, 6.07) is 4.55. The lowest BCUT2D eigenvalue weighted by Gasteiger charge is -2.14. The normalized spacial score (nSPS) is 22.4. The molecule has 0 aromatic heterocycles. The van der Waals surface area contributed by atoms with Gasteiger partial charge in [0.15, 0.2) is 0 Å². The molecule has 2 aliphatic rings. The molecule has 0 saturated heterocycles. The van der Waals surface area contributed by atoms with Gasteiger partial charge in [-0.05, 0) is 43.4 Å². The summed E-state index contributed by atoms with van der Waals surface area (Å²) in [5.41, 5.74) is 0.578. The van der Waals surface area contributed by atoms with Crippen LogP contribution < -0.4 is 0 Å². The van der Waals surface area contributed by atoms with E-state index in [4.69, 9.17) is 10.5 Å². The summed E-state index contributed by atoms with van der Waals surface area (Å²) in [6.45, 7) is 6.50. The summed E-state index contributed by atoms with van der Waals surface area (Å²) in [5.74, 6) is 0.706. The first-order valence-electron chi connectivity index (χ1n) is 6.32. The van der Waals surface area contributed by atoms with E-state index in [2.05, 4.69) is 32.9 Å². The van der Waals surface area contributed by atoms with E-state index in [-0.39, 0.29) is 5.41 Å². The molecule has 0 amide bonds. The molecular weight excluding hydrogens is 196 g/mol. The number of hydrogen-bond donors (Lipinski definition) is 0. The molecule has 2 saturated carbocycles. The van der Waals surface area contributed by atoms with Gasteiger partial charge >= 0.3 is 0 Å². The Kier molecular flexibility index (Phi) is 3.98. The van der Waals surface area contributed by atoms with Crippen LogP contribution in [0.15, 0.2) is 0 Å². The van der Waals surface area contributed by atoms with Gasteiger partial charge in [-0.1, -0.05) is 20.8 Å². The van der Waals surface area contributed by atoms with E-state index in [1.54, 1.807) is 0 Å². The van der Waals surface area contributed by atoms with E-state index in [1.807, 2.05) is 0 Å². The maximum Gasteiger partial charge on any atom is 0.0689 e. The Morgan fingerprint density at radius 3 is 1.75 bits per heavy atom. The van der Waals surface area contributed by atoms with Gasteiger partial charge in [0.05, 0.1) is 17.6 Å². The number of hydrogen-bond acceptors (Lipinski definition) is 2. The Hall–Kier alpha value is -1.02. The molecule has 2 nitrogen and oxygen atoms in total. The molecule has 2 heteroatoms. The second-order valence-electron chi connectivity index (χ2n) is 5.60. The van der Waals surface area contributed by atoms with Crippen LogP contribution in [0.2, 0.25) is 0 Å². The fraction of sp³-hybridized carbons (Fsp3) is 0.857. The van der Waals surface area contributed by atoms with Gasteiger partial charge < -0.3 is 0 Å². The zero-order valence-electron chi connectivity index (χ0n) is 10.7. The van der Waals surface area contributed by atoms with Crippen molar-refractivity contribution in [2.24, 2.45) is 16.7 Å². The number of rotatable bonds is 3. The molecule has 0 bridgehead atoms. The van der Waals surface area contributed by atoms with Gasteiger partial charge in [0.1, 0.15) is 0 Å².